The summed E-state index contributed by atoms with van der Waals surface area (Å²) in [5, 5.41) is 10.1. The third kappa shape index (κ3) is 13.1. The summed E-state index contributed by atoms with van der Waals surface area (Å²) in [7, 11) is -1.34. The molecule has 2 heterocycles. The van der Waals surface area contributed by atoms with Gasteiger partial charge in [-0.3, -0.25) is 4.79 Å². The first kappa shape index (κ1) is 47.5. The topological polar surface area (TPSA) is 151 Å². The number of ether oxygens (including phenoxy) is 4. The number of carboxylic acids is 1. The van der Waals surface area contributed by atoms with Gasteiger partial charge in [-0.2, -0.15) is 0 Å². The molecule has 0 aromatic heterocycles. The summed E-state index contributed by atoms with van der Waals surface area (Å²) in [5.41, 5.74) is 3.54. The van der Waals surface area contributed by atoms with E-state index < -0.39 is 21.5 Å². The number of carboxylic acid groups (broad SMARTS) is 1. The maximum absolute atomic E-state index is 12.0. The number of fused-ring (bicyclic) bond motifs is 2. The number of anilines is 1. The van der Waals surface area contributed by atoms with Crippen LogP contribution in [0.2, 0.25) is 0 Å². The summed E-state index contributed by atoms with van der Waals surface area (Å²) in [5.74, 6) is 0.747. The molecule has 1 aliphatic carbocycles. The number of hydrogen-bond donors (Lipinski definition) is 1. The first-order valence-corrected chi connectivity index (χ1v) is 20.3. The number of unbranched alkanes of at least 4 members (excludes halogenated alkanes) is 2. The second-order valence-electron chi connectivity index (χ2n) is 15.2. The van der Waals surface area contributed by atoms with Crippen LogP contribution in [0.4, 0.5) is 5.69 Å². The zero-order valence-corrected chi connectivity index (χ0v) is 37.2. The average Bonchev–Trinajstić information content (AvgIpc) is 3.33. The second-order valence-corrected chi connectivity index (χ2v) is 16.6. The van der Waals surface area contributed by atoms with Gasteiger partial charge in [0.2, 0.25) is 5.36 Å². The number of hydrogen-bond acceptors (Lipinski definition) is 10. The molecule has 1 aromatic rings. The summed E-state index contributed by atoms with van der Waals surface area (Å²) in [6.45, 7) is 15.4. The van der Waals surface area contributed by atoms with E-state index in [1.807, 2.05) is 26.0 Å². The molecular weight excluding hydrogens is 748 g/mol. The van der Waals surface area contributed by atoms with E-state index in [-0.39, 0.29) is 46.3 Å². The number of rotatable bonds is 21. The van der Waals surface area contributed by atoms with Crippen LogP contribution in [-0.4, -0.2) is 97.5 Å². The van der Waals surface area contributed by atoms with Crippen molar-refractivity contribution in [3.05, 3.63) is 82.6 Å². The van der Waals surface area contributed by atoms with Crippen LogP contribution in [0.1, 0.15) is 77.2 Å². The largest absolute Gasteiger partial charge is 1.00 e. The van der Waals surface area contributed by atoms with Crippen LogP contribution in [0, 0.1) is 0 Å². The molecule has 0 spiro atoms. The summed E-state index contributed by atoms with van der Waals surface area (Å²) in [6, 6.07) is 12.8. The number of aliphatic carboxylic acids is 1. The molecule has 1 aromatic carbocycles. The van der Waals surface area contributed by atoms with Gasteiger partial charge in [-0.05, 0) is 60.4 Å². The zero-order chi connectivity index (χ0) is 40.2. The number of allylic oxidation sites excluding steroid dienone is 3. The fourth-order valence-corrected chi connectivity index (χ4v) is 7.13. The van der Waals surface area contributed by atoms with Gasteiger partial charge in [0.25, 0.3) is 0 Å². The summed E-state index contributed by atoms with van der Waals surface area (Å²) >= 11 is 0. The molecule has 0 unspecified atom stereocenters. The van der Waals surface area contributed by atoms with E-state index >= 15 is 0 Å². The molecule has 0 amide bonds. The Kier molecular flexibility index (Phi) is 18.5. The Morgan fingerprint density at radius 3 is 2.18 bits per heavy atom. The molecule has 3 aliphatic rings. The fraction of sp³-hybridized carbons (Fsp3) is 0.524. The van der Waals surface area contributed by atoms with Crippen molar-refractivity contribution in [3.63, 3.8) is 0 Å². The Bertz CT molecular complexity index is 1950. The minimum atomic E-state index is -4.65. The van der Waals surface area contributed by atoms with E-state index in [9.17, 15) is 17.8 Å². The van der Waals surface area contributed by atoms with E-state index in [1.54, 1.807) is 20.3 Å². The maximum atomic E-state index is 12.0. The Labute approximate surface area is 354 Å². The normalized spacial score (nSPS) is 14.8. The molecule has 2 aliphatic heterocycles. The van der Waals surface area contributed by atoms with Crippen molar-refractivity contribution in [1.82, 2.24) is 4.58 Å². The number of carbonyl (C=O) groups is 1. The number of nitrogens with zero attached hydrogens (tertiary/aromatic N) is 2. The average molecular weight is 806 g/mol. The van der Waals surface area contributed by atoms with Gasteiger partial charge in [0.15, 0.2) is 13.1 Å². The third-order valence-corrected chi connectivity index (χ3v) is 10.5. The summed E-state index contributed by atoms with van der Waals surface area (Å²) in [6.07, 6.45) is 8.24. The minimum absolute atomic E-state index is 0. The van der Waals surface area contributed by atoms with Gasteiger partial charge < -0.3 is 37.9 Å². The van der Waals surface area contributed by atoms with Crippen molar-refractivity contribution in [3.8, 4) is 11.3 Å². The molecule has 302 valence electrons. The zero-order valence-electron chi connectivity index (χ0n) is 34.4. The maximum Gasteiger partial charge on any atom is 1.00 e. The molecule has 0 bridgehead atoms. The first-order valence-electron chi connectivity index (χ1n) is 18.9. The van der Waals surface area contributed by atoms with Crippen molar-refractivity contribution in [2.24, 2.45) is 0 Å². The van der Waals surface area contributed by atoms with Crippen LogP contribution in [0.15, 0.2) is 69.6 Å². The first-order chi connectivity index (χ1) is 26.1. The Balaban J connectivity index is 0.00000841. The molecule has 0 atom stereocenters. The van der Waals surface area contributed by atoms with Crippen LogP contribution >= 0.6 is 0 Å². The molecule has 4 rings (SSSR count). The molecule has 14 heteroatoms. The van der Waals surface area contributed by atoms with Crippen molar-refractivity contribution in [2.75, 3.05) is 78.4 Å². The van der Waals surface area contributed by atoms with Gasteiger partial charge in [0.1, 0.15) is 34.9 Å². The Morgan fingerprint density at radius 2 is 1.59 bits per heavy atom. The molecule has 1 N–H and O–H groups in total. The third-order valence-electron chi connectivity index (χ3n) is 9.72. The monoisotopic (exact) mass is 805 g/mol. The van der Waals surface area contributed by atoms with Gasteiger partial charge in [-0.1, -0.05) is 53.2 Å². The van der Waals surface area contributed by atoms with Gasteiger partial charge in [0.05, 0.1) is 37.4 Å². The predicted octanol–water partition coefficient (Wildman–Crippen LogP) is 3.03. The smallest absolute Gasteiger partial charge is 0.744 e. The van der Waals surface area contributed by atoms with E-state index in [0.29, 0.717) is 65.7 Å². The fourth-order valence-electron chi connectivity index (χ4n) is 6.63. The predicted molar refractivity (Wildman–Crippen MR) is 212 cm³/mol. The van der Waals surface area contributed by atoms with Crippen LogP contribution in [0.5, 0.6) is 0 Å². The molecule has 0 radical (unpaired) electrons. The Morgan fingerprint density at radius 1 is 0.929 bits per heavy atom. The Hall–Kier alpha value is -2.85. The van der Waals surface area contributed by atoms with Crippen LogP contribution in [0.25, 0.3) is 17.4 Å². The molecule has 56 heavy (non-hydrogen) atoms. The van der Waals surface area contributed by atoms with Crippen LogP contribution < -0.4 is 44.4 Å². The van der Waals surface area contributed by atoms with Gasteiger partial charge in [0, 0.05) is 61.0 Å². The van der Waals surface area contributed by atoms with E-state index in [4.69, 9.17) is 28.5 Å². The van der Waals surface area contributed by atoms with Crippen molar-refractivity contribution < 1.29 is 75.8 Å². The van der Waals surface area contributed by atoms with Crippen molar-refractivity contribution in [1.29, 1.82) is 0 Å². The standard InChI is InChI=1S/C42H58N2O10S.Na/c1-41(2,3)39-28-31(34-17-15-32(29-37(34)54-39)43(20-22-52-26-24-50-6)21-23-53-27-25-51-7)12-11-13-38-42(4,5)35-30-33(55(47,48)49)16-18-36(35)44(38)19-10-8-9-14-40(45)46;/h11-13,15-18,28-30H,8-10,14,19-27H2,1-7H3,(H-,45,46,47,48,49);/q;+1. The van der Waals surface area contributed by atoms with E-state index in [2.05, 4.69) is 60.6 Å². The molecule has 0 saturated carbocycles. The molecular formula is C42H58N2NaO10S+. The molecule has 12 nitrogen and oxygen atoms in total. The van der Waals surface area contributed by atoms with Crippen molar-refractivity contribution in [2.45, 2.75) is 76.0 Å². The van der Waals surface area contributed by atoms with E-state index in [0.717, 1.165) is 57.8 Å². The quantitative estimate of drug-likeness (QED) is 0.0733. The minimum Gasteiger partial charge on any atom is -0.744 e. The SMILES string of the molecule is COCCOCC[N+](CCOCCOC)=c1ccc2c(/C=C/C=C3/N(CCCCCC(=O)O)c4ccc(S(=O)(=O)[O-])cc4C3(C)C)cc(C(C)(C)C)oc-2c1.[Na+]. The van der Waals surface area contributed by atoms with Gasteiger partial charge in [-0.25, -0.2) is 13.0 Å². The molecule has 0 saturated heterocycles. The van der Waals surface area contributed by atoms with Gasteiger partial charge >= 0.3 is 35.5 Å². The summed E-state index contributed by atoms with van der Waals surface area (Å²) in [4.78, 5) is 13.0. The van der Waals surface area contributed by atoms with Crippen LogP contribution in [-0.2, 0) is 44.7 Å². The van der Waals surface area contributed by atoms with E-state index in [1.165, 1.54) is 12.1 Å². The van der Waals surface area contributed by atoms with Gasteiger partial charge in [-0.15, -0.1) is 0 Å². The molecule has 0 fully saturated rings. The second kappa shape index (κ2) is 21.8. The summed E-state index contributed by atoms with van der Waals surface area (Å²) < 4.78 is 66.6. The number of benzene rings is 2. The van der Waals surface area contributed by atoms with Crippen molar-refractivity contribution >= 4 is 27.9 Å². The number of methoxy groups -OCH3 is 2. The van der Waals surface area contributed by atoms with Crippen LogP contribution in [0.3, 0.4) is 0 Å².